The fourth-order valence-corrected chi connectivity index (χ4v) is 1.82. The van der Waals surface area contributed by atoms with E-state index >= 15 is 0 Å². The van der Waals surface area contributed by atoms with Crippen LogP contribution in [0.15, 0.2) is 0 Å². The van der Waals surface area contributed by atoms with Gasteiger partial charge in [-0.25, -0.2) is 4.79 Å². The number of likely N-dealkylation sites (N-methyl/N-ethyl adjacent to an activating group) is 1. The van der Waals surface area contributed by atoms with Crippen molar-refractivity contribution < 1.29 is 4.79 Å². The number of unbranched alkanes of at least 4 members (excludes halogenated alkanes) is 4. The van der Waals surface area contributed by atoms with Crippen LogP contribution in [-0.2, 0) is 0 Å². The van der Waals surface area contributed by atoms with Gasteiger partial charge in [-0.05, 0) is 6.42 Å². The van der Waals surface area contributed by atoms with Crippen molar-refractivity contribution >= 4 is 6.03 Å². The maximum absolute atomic E-state index is 11.5. The lowest BCUT2D eigenvalue weighted by molar-refractivity contribution is 0.198. The third kappa shape index (κ3) is 3.20. The number of urea groups is 1. The molecule has 0 saturated carbocycles. The molecule has 2 amide bonds. The fraction of sp³-hybridized carbons (Fsp3) is 0.909. The quantitative estimate of drug-likeness (QED) is 0.601. The van der Waals surface area contributed by atoms with Gasteiger partial charge in [0.1, 0.15) is 0 Å². The van der Waals surface area contributed by atoms with E-state index in [-0.39, 0.29) is 6.03 Å². The van der Waals surface area contributed by atoms with E-state index in [1.165, 1.54) is 32.1 Å². The molecule has 14 heavy (non-hydrogen) atoms. The third-order valence-corrected chi connectivity index (χ3v) is 2.83. The predicted octanol–water partition coefficient (Wildman–Crippen LogP) is 2.32. The Morgan fingerprint density at radius 2 is 1.86 bits per heavy atom. The van der Waals surface area contributed by atoms with Crippen molar-refractivity contribution in [2.45, 2.75) is 39.0 Å². The average Bonchev–Trinajstić information content (AvgIpc) is 2.49. The summed E-state index contributed by atoms with van der Waals surface area (Å²) in [6.07, 6.45) is 6.36. The molecule has 3 nitrogen and oxygen atoms in total. The molecule has 1 saturated heterocycles. The molecule has 1 fully saturated rings. The SMILES string of the molecule is CCCCCCCN1CCN(C)C1=O. The molecule has 1 rings (SSSR count). The lowest BCUT2D eigenvalue weighted by Gasteiger charge is -2.15. The zero-order chi connectivity index (χ0) is 10.4. The molecule has 0 aromatic heterocycles. The summed E-state index contributed by atoms with van der Waals surface area (Å²) < 4.78 is 0. The molecule has 3 heteroatoms. The summed E-state index contributed by atoms with van der Waals surface area (Å²) in [6.45, 7) is 4.99. The molecule has 1 aliphatic heterocycles. The van der Waals surface area contributed by atoms with Gasteiger partial charge in [0.25, 0.3) is 0 Å². The molecule has 82 valence electrons. The van der Waals surface area contributed by atoms with Gasteiger partial charge in [0.2, 0.25) is 0 Å². The fourth-order valence-electron chi connectivity index (χ4n) is 1.82. The van der Waals surface area contributed by atoms with Crippen LogP contribution in [0.1, 0.15) is 39.0 Å². The van der Waals surface area contributed by atoms with Crippen molar-refractivity contribution in [1.82, 2.24) is 9.80 Å². The molecule has 0 atom stereocenters. The van der Waals surface area contributed by atoms with Crippen molar-refractivity contribution in [2.24, 2.45) is 0 Å². The average molecular weight is 198 g/mol. The Morgan fingerprint density at radius 1 is 1.14 bits per heavy atom. The molecule has 1 aliphatic rings. The highest BCUT2D eigenvalue weighted by atomic mass is 16.2. The molecule has 0 spiro atoms. The van der Waals surface area contributed by atoms with E-state index in [1.54, 1.807) is 4.90 Å². The zero-order valence-electron chi connectivity index (χ0n) is 9.46. The van der Waals surface area contributed by atoms with Crippen molar-refractivity contribution in [1.29, 1.82) is 0 Å². The van der Waals surface area contributed by atoms with Crippen LogP contribution in [0.25, 0.3) is 0 Å². The predicted molar refractivity (Wildman–Crippen MR) is 58.4 cm³/mol. The van der Waals surface area contributed by atoms with Gasteiger partial charge in [0.05, 0.1) is 0 Å². The Balaban J connectivity index is 2.04. The van der Waals surface area contributed by atoms with Crippen molar-refractivity contribution in [3.8, 4) is 0 Å². The first-order valence-electron chi connectivity index (χ1n) is 5.75. The first-order chi connectivity index (χ1) is 6.75. The second-order valence-electron chi connectivity index (χ2n) is 4.11. The molecule has 0 aliphatic carbocycles. The van der Waals surface area contributed by atoms with Crippen LogP contribution < -0.4 is 0 Å². The van der Waals surface area contributed by atoms with Crippen LogP contribution in [0.4, 0.5) is 4.79 Å². The minimum Gasteiger partial charge on any atom is -0.326 e. The minimum atomic E-state index is 0.209. The van der Waals surface area contributed by atoms with E-state index in [0.29, 0.717) is 0 Å². The molecule has 0 N–H and O–H groups in total. The molecule has 0 radical (unpaired) electrons. The summed E-state index contributed by atoms with van der Waals surface area (Å²) in [6, 6.07) is 0.209. The molecule has 0 aromatic rings. The molecule has 0 bridgehead atoms. The number of rotatable bonds is 6. The van der Waals surface area contributed by atoms with Crippen LogP contribution in [-0.4, -0.2) is 42.5 Å². The highest BCUT2D eigenvalue weighted by molar-refractivity contribution is 5.76. The van der Waals surface area contributed by atoms with Crippen molar-refractivity contribution in [2.75, 3.05) is 26.7 Å². The second kappa shape index (κ2) is 5.89. The minimum absolute atomic E-state index is 0.209. The van der Waals surface area contributed by atoms with Gasteiger partial charge in [-0.15, -0.1) is 0 Å². The monoisotopic (exact) mass is 198 g/mol. The summed E-state index contributed by atoms with van der Waals surface area (Å²) in [7, 11) is 1.87. The number of carbonyl (C=O) groups excluding carboxylic acids is 1. The largest absolute Gasteiger partial charge is 0.326 e. The van der Waals surface area contributed by atoms with Crippen molar-refractivity contribution in [3.63, 3.8) is 0 Å². The summed E-state index contributed by atoms with van der Waals surface area (Å²) in [5.41, 5.74) is 0. The second-order valence-corrected chi connectivity index (χ2v) is 4.11. The summed E-state index contributed by atoms with van der Waals surface area (Å²) in [4.78, 5) is 15.2. The number of carbonyl (C=O) groups is 1. The summed E-state index contributed by atoms with van der Waals surface area (Å²) >= 11 is 0. The molecular weight excluding hydrogens is 176 g/mol. The van der Waals surface area contributed by atoms with E-state index in [2.05, 4.69) is 6.92 Å². The van der Waals surface area contributed by atoms with Crippen LogP contribution >= 0.6 is 0 Å². The van der Waals surface area contributed by atoms with E-state index < -0.39 is 0 Å². The Hall–Kier alpha value is -0.730. The van der Waals surface area contributed by atoms with Crippen LogP contribution in [0, 0.1) is 0 Å². The maximum atomic E-state index is 11.5. The Bertz CT molecular complexity index is 182. The standard InChI is InChI=1S/C11H22N2O/c1-3-4-5-6-7-8-13-10-9-12(2)11(13)14/h3-10H2,1-2H3. The highest BCUT2D eigenvalue weighted by Gasteiger charge is 2.23. The van der Waals surface area contributed by atoms with Crippen LogP contribution in [0.5, 0.6) is 0 Å². The molecule has 0 unspecified atom stereocenters. The van der Waals surface area contributed by atoms with E-state index in [1.807, 2.05) is 11.9 Å². The van der Waals surface area contributed by atoms with Gasteiger partial charge < -0.3 is 9.80 Å². The van der Waals surface area contributed by atoms with Gasteiger partial charge in [-0.2, -0.15) is 0 Å². The Kier molecular flexibility index (Phi) is 4.77. The third-order valence-electron chi connectivity index (χ3n) is 2.83. The first kappa shape index (κ1) is 11.3. The number of amides is 2. The Morgan fingerprint density at radius 3 is 2.43 bits per heavy atom. The topological polar surface area (TPSA) is 23.6 Å². The van der Waals surface area contributed by atoms with Gasteiger partial charge in [0, 0.05) is 26.7 Å². The van der Waals surface area contributed by atoms with Gasteiger partial charge >= 0.3 is 6.03 Å². The van der Waals surface area contributed by atoms with Crippen molar-refractivity contribution in [3.05, 3.63) is 0 Å². The molecule has 1 heterocycles. The number of nitrogens with zero attached hydrogens (tertiary/aromatic N) is 2. The summed E-state index contributed by atoms with van der Waals surface area (Å²) in [5, 5.41) is 0. The van der Waals surface area contributed by atoms with E-state index in [9.17, 15) is 4.79 Å². The number of hydrogen-bond donors (Lipinski definition) is 0. The molecule has 0 aromatic carbocycles. The van der Waals surface area contributed by atoms with Crippen LogP contribution in [0.3, 0.4) is 0 Å². The first-order valence-corrected chi connectivity index (χ1v) is 5.75. The number of hydrogen-bond acceptors (Lipinski definition) is 1. The zero-order valence-corrected chi connectivity index (χ0v) is 9.46. The highest BCUT2D eigenvalue weighted by Crippen LogP contribution is 2.09. The smallest absolute Gasteiger partial charge is 0.319 e. The van der Waals surface area contributed by atoms with Gasteiger partial charge in [-0.1, -0.05) is 32.6 Å². The van der Waals surface area contributed by atoms with Crippen LogP contribution in [0.2, 0.25) is 0 Å². The lowest BCUT2D eigenvalue weighted by atomic mass is 10.1. The van der Waals surface area contributed by atoms with Gasteiger partial charge in [0.15, 0.2) is 0 Å². The van der Waals surface area contributed by atoms with E-state index in [0.717, 1.165) is 19.6 Å². The molecular formula is C11H22N2O. The van der Waals surface area contributed by atoms with Gasteiger partial charge in [-0.3, -0.25) is 0 Å². The normalized spacial score (nSPS) is 16.9. The van der Waals surface area contributed by atoms with E-state index in [4.69, 9.17) is 0 Å². The summed E-state index contributed by atoms with van der Waals surface area (Å²) in [5.74, 6) is 0. The maximum Gasteiger partial charge on any atom is 0.319 e. The Labute approximate surface area is 87.1 Å². The lowest BCUT2D eigenvalue weighted by Crippen LogP contribution is -2.30.